The van der Waals surface area contributed by atoms with Crippen LogP contribution in [0.15, 0.2) is 25.6 Å². The Morgan fingerprint density at radius 1 is 1.25 bits per heavy atom. The van der Waals surface area contributed by atoms with Crippen LogP contribution in [0.2, 0.25) is 0 Å². The van der Waals surface area contributed by atoms with Crippen LogP contribution in [0.3, 0.4) is 0 Å². The van der Waals surface area contributed by atoms with Crippen molar-refractivity contribution in [3.8, 4) is 0 Å². The van der Waals surface area contributed by atoms with Gasteiger partial charge in [-0.15, -0.1) is 0 Å². The van der Waals surface area contributed by atoms with Crippen molar-refractivity contribution in [2.24, 2.45) is 0 Å². The van der Waals surface area contributed by atoms with Crippen LogP contribution in [-0.4, -0.2) is 12.7 Å². The van der Waals surface area contributed by atoms with Crippen molar-refractivity contribution in [2.75, 3.05) is 0 Å². The predicted octanol–water partition coefficient (Wildman–Crippen LogP) is 0.102. The molecule has 0 rings (SSSR count). The van der Waals surface area contributed by atoms with Crippen LogP contribution in [0.25, 0.3) is 0 Å². The molecule has 0 aromatic rings. The summed E-state index contributed by atoms with van der Waals surface area (Å²) in [6.07, 6.45) is 2.33. The Morgan fingerprint density at radius 3 is 1.62 bits per heavy atom. The van der Waals surface area contributed by atoms with Crippen LogP contribution in [-0.2, 0) is 10.9 Å². The van der Waals surface area contributed by atoms with Crippen molar-refractivity contribution in [3.05, 3.63) is 25.6 Å². The van der Waals surface area contributed by atoms with E-state index in [0.29, 0.717) is 0 Å². The van der Waals surface area contributed by atoms with Gasteiger partial charge in [0.1, 0.15) is 0 Å². The fraction of sp³-hybridized carbons (Fsp3) is 0. The van der Waals surface area contributed by atoms with Gasteiger partial charge in [-0.05, 0) is 0 Å². The standard InChI is InChI=1S/C4H7NO2S/c1-3-5(4-2)8(6)7/h3-4,8H,1-2H2. The molecule has 0 saturated carbocycles. The van der Waals surface area contributed by atoms with Gasteiger partial charge in [0.15, 0.2) is 0 Å². The normalized spacial score (nSPS) is 8.62. The first-order valence-corrected chi connectivity index (χ1v) is 3.03. The van der Waals surface area contributed by atoms with Crippen molar-refractivity contribution >= 4 is 10.9 Å². The molecular formula is C4H7NO2S. The zero-order valence-electron chi connectivity index (χ0n) is 4.28. The third kappa shape index (κ3) is 1.79. The van der Waals surface area contributed by atoms with E-state index < -0.39 is 10.9 Å². The van der Waals surface area contributed by atoms with Gasteiger partial charge >= 0.3 is 0 Å². The van der Waals surface area contributed by atoms with Crippen LogP contribution in [0.5, 0.6) is 0 Å². The minimum Gasteiger partial charge on any atom is -0.256 e. The highest BCUT2D eigenvalue weighted by atomic mass is 32.2. The maximum atomic E-state index is 9.98. The predicted molar refractivity (Wildman–Crippen MR) is 32.5 cm³/mol. The molecule has 0 unspecified atom stereocenters. The molecule has 0 aliphatic heterocycles. The van der Waals surface area contributed by atoms with E-state index in [1.807, 2.05) is 0 Å². The highest BCUT2D eigenvalue weighted by molar-refractivity contribution is 7.70. The van der Waals surface area contributed by atoms with Gasteiger partial charge in [-0.25, -0.2) is 8.42 Å². The number of hydrogen-bond donors (Lipinski definition) is 1. The molecule has 0 aliphatic carbocycles. The summed E-state index contributed by atoms with van der Waals surface area (Å²) >= 11 is 0. The molecule has 0 bridgehead atoms. The Hall–Kier alpha value is -0.770. The van der Waals surface area contributed by atoms with Gasteiger partial charge < -0.3 is 0 Å². The highest BCUT2D eigenvalue weighted by Crippen LogP contribution is 1.85. The van der Waals surface area contributed by atoms with Crippen molar-refractivity contribution in [2.45, 2.75) is 0 Å². The van der Waals surface area contributed by atoms with Gasteiger partial charge in [0.2, 0.25) is 10.9 Å². The van der Waals surface area contributed by atoms with Crippen LogP contribution >= 0.6 is 0 Å². The first kappa shape index (κ1) is 7.23. The molecule has 0 aromatic carbocycles. The van der Waals surface area contributed by atoms with E-state index in [2.05, 4.69) is 13.2 Å². The molecule has 0 heterocycles. The molecule has 0 aromatic heterocycles. The third-order valence-corrected chi connectivity index (χ3v) is 1.27. The van der Waals surface area contributed by atoms with E-state index in [0.717, 1.165) is 4.31 Å². The summed E-state index contributed by atoms with van der Waals surface area (Å²) in [5, 5.41) is 0. The number of nitrogens with zero attached hydrogens (tertiary/aromatic N) is 1. The summed E-state index contributed by atoms with van der Waals surface area (Å²) < 4.78 is 20.9. The van der Waals surface area contributed by atoms with Gasteiger partial charge in [0, 0.05) is 12.4 Å². The van der Waals surface area contributed by atoms with E-state index in [-0.39, 0.29) is 0 Å². The monoisotopic (exact) mass is 133 g/mol. The molecule has 0 amide bonds. The molecule has 0 radical (unpaired) electrons. The molecule has 0 spiro atoms. The molecule has 46 valence electrons. The highest BCUT2D eigenvalue weighted by Gasteiger charge is 1.87. The van der Waals surface area contributed by atoms with E-state index in [1.165, 1.54) is 12.4 Å². The molecule has 4 heteroatoms. The molecule has 0 N–H and O–H groups in total. The van der Waals surface area contributed by atoms with Gasteiger partial charge in [-0.2, -0.15) is 0 Å². The van der Waals surface area contributed by atoms with Crippen LogP contribution in [0.4, 0.5) is 0 Å². The lowest BCUT2D eigenvalue weighted by Crippen LogP contribution is -2.03. The van der Waals surface area contributed by atoms with Crippen molar-refractivity contribution in [3.63, 3.8) is 0 Å². The van der Waals surface area contributed by atoms with Crippen LogP contribution < -0.4 is 0 Å². The summed E-state index contributed by atoms with van der Waals surface area (Å²) in [6, 6.07) is 0. The van der Waals surface area contributed by atoms with Crippen molar-refractivity contribution in [1.82, 2.24) is 4.31 Å². The lowest BCUT2D eigenvalue weighted by Gasteiger charge is -2.00. The number of rotatable bonds is 3. The molecular weight excluding hydrogens is 126 g/mol. The second-order valence-electron chi connectivity index (χ2n) is 0.983. The average molecular weight is 133 g/mol. The van der Waals surface area contributed by atoms with E-state index in [4.69, 9.17) is 0 Å². The van der Waals surface area contributed by atoms with Crippen LogP contribution in [0, 0.1) is 0 Å². The summed E-state index contributed by atoms with van der Waals surface area (Å²) in [5.41, 5.74) is 0. The topological polar surface area (TPSA) is 37.4 Å². The zero-order valence-corrected chi connectivity index (χ0v) is 5.17. The summed E-state index contributed by atoms with van der Waals surface area (Å²) in [6.45, 7) is 6.45. The summed E-state index contributed by atoms with van der Waals surface area (Å²) in [7, 11) is -2.57. The van der Waals surface area contributed by atoms with Gasteiger partial charge in [-0.3, -0.25) is 4.31 Å². The summed E-state index contributed by atoms with van der Waals surface area (Å²) in [4.78, 5) is 0. The first-order valence-electron chi connectivity index (χ1n) is 1.90. The first-order chi connectivity index (χ1) is 3.72. The second kappa shape index (κ2) is 3.26. The Bertz CT molecular complexity index is 145. The third-order valence-electron chi connectivity index (χ3n) is 0.563. The largest absolute Gasteiger partial charge is 0.256 e. The Morgan fingerprint density at radius 2 is 1.62 bits per heavy atom. The Balaban J connectivity index is 4.10. The fourth-order valence-electron chi connectivity index (χ4n) is 0.208. The maximum absolute atomic E-state index is 9.98. The molecule has 3 nitrogen and oxygen atoms in total. The average Bonchev–Trinajstić information content (AvgIpc) is 1.69. The van der Waals surface area contributed by atoms with Crippen molar-refractivity contribution in [1.29, 1.82) is 0 Å². The number of hydrogen-bond acceptors (Lipinski definition) is 2. The lowest BCUT2D eigenvalue weighted by molar-refractivity contribution is 0.576. The lowest BCUT2D eigenvalue weighted by atomic mass is 10.9. The quantitative estimate of drug-likeness (QED) is 0.554. The summed E-state index contributed by atoms with van der Waals surface area (Å²) in [5.74, 6) is 0. The second-order valence-corrected chi connectivity index (χ2v) is 1.92. The van der Waals surface area contributed by atoms with Gasteiger partial charge in [-0.1, -0.05) is 13.2 Å². The number of thiol groups is 1. The molecule has 0 saturated heterocycles. The maximum Gasteiger partial charge on any atom is 0.228 e. The van der Waals surface area contributed by atoms with Crippen LogP contribution in [0.1, 0.15) is 0 Å². The minimum absolute atomic E-state index is 0.898. The fourth-order valence-corrected chi connectivity index (χ4v) is 0.475. The van der Waals surface area contributed by atoms with E-state index in [9.17, 15) is 8.42 Å². The Labute approximate surface area is 50.0 Å². The van der Waals surface area contributed by atoms with Crippen molar-refractivity contribution < 1.29 is 8.42 Å². The molecule has 0 fully saturated rings. The van der Waals surface area contributed by atoms with Gasteiger partial charge in [0.05, 0.1) is 0 Å². The molecule has 8 heavy (non-hydrogen) atoms. The zero-order chi connectivity index (χ0) is 6.57. The Kier molecular flexibility index (Phi) is 2.95. The van der Waals surface area contributed by atoms with E-state index >= 15 is 0 Å². The van der Waals surface area contributed by atoms with E-state index in [1.54, 1.807) is 0 Å². The van der Waals surface area contributed by atoms with Gasteiger partial charge in [0.25, 0.3) is 0 Å². The SMILES string of the molecule is C=CN(C=C)[SH](=O)=O. The molecule has 0 atom stereocenters. The minimum atomic E-state index is -2.57. The molecule has 0 aliphatic rings. The smallest absolute Gasteiger partial charge is 0.228 e.